The van der Waals surface area contributed by atoms with E-state index in [0.717, 1.165) is 17.8 Å². The van der Waals surface area contributed by atoms with Gasteiger partial charge in [0, 0.05) is 24.7 Å². The largest absolute Gasteiger partial charge is 0.324 e. The molecule has 0 spiro atoms. The van der Waals surface area contributed by atoms with Crippen LogP contribution < -0.4 is 5.84 Å². The number of aryl methyl sites for hydroxylation is 1. The normalized spacial score (nSPS) is 8.05. The fraction of sp³-hybridized carbons (Fsp3) is 0.154. The van der Waals surface area contributed by atoms with E-state index < -0.39 is 0 Å². The minimum absolute atomic E-state index is 0. The van der Waals surface area contributed by atoms with E-state index in [2.05, 4.69) is 34.6 Å². The van der Waals surface area contributed by atoms with Crippen LogP contribution in [0.25, 0.3) is 11.4 Å². The van der Waals surface area contributed by atoms with E-state index in [9.17, 15) is 0 Å². The third kappa shape index (κ3) is 6.74. The van der Waals surface area contributed by atoms with Gasteiger partial charge in [0.1, 0.15) is 0 Å². The van der Waals surface area contributed by atoms with Crippen molar-refractivity contribution >= 4 is 31.5 Å². The van der Waals surface area contributed by atoms with Crippen molar-refractivity contribution in [3.63, 3.8) is 0 Å². The predicted molar refractivity (Wildman–Crippen MR) is 85.1 cm³/mol. The second-order valence-electron chi connectivity index (χ2n) is 3.32. The Kier molecular flexibility index (Phi) is 11.9. The van der Waals surface area contributed by atoms with E-state index >= 15 is 0 Å². The molecule has 0 atom stereocenters. The summed E-state index contributed by atoms with van der Waals surface area (Å²) in [6, 6.07) is 10.0. The molecule has 0 saturated heterocycles. The maximum absolute atomic E-state index is 4.36. The van der Waals surface area contributed by atoms with Crippen LogP contribution in [0, 0.1) is 0 Å². The van der Waals surface area contributed by atoms with Crippen LogP contribution in [0.15, 0.2) is 47.8 Å². The molecule has 104 valence electrons. The van der Waals surface area contributed by atoms with Gasteiger partial charge in [-0.3, -0.25) is 0 Å². The van der Waals surface area contributed by atoms with Crippen LogP contribution in [0.4, 0.5) is 0 Å². The maximum Gasteiger partial charge on any atom is 0.159 e. The highest BCUT2D eigenvalue weighted by Gasteiger charge is 1.98. The van der Waals surface area contributed by atoms with Gasteiger partial charge < -0.3 is 5.84 Å². The molecule has 0 fully saturated rings. The van der Waals surface area contributed by atoms with Crippen molar-refractivity contribution in [2.75, 3.05) is 0 Å². The summed E-state index contributed by atoms with van der Waals surface area (Å²) in [5.41, 5.74) is 2.24. The van der Waals surface area contributed by atoms with Gasteiger partial charge in [0.25, 0.3) is 0 Å². The Morgan fingerprint density at radius 2 is 1.58 bits per heavy atom. The van der Waals surface area contributed by atoms with Gasteiger partial charge in [0.2, 0.25) is 0 Å². The summed E-state index contributed by atoms with van der Waals surface area (Å²) in [4.78, 5) is 8.62. The number of benzene rings is 1. The maximum atomic E-state index is 4.36. The molecule has 0 aliphatic rings. The van der Waals surface area contributed by atoms with Crippen molar-refractivity contribution in [1.82, 2.24) is 9.97 Å². The highest BCUT2D eigenvalue weighted by Crippen LogP contribution is 2.12. The monoisotopic (exact) mass is 300 g/mol. The minimum Gasteiger partial charge on any atom is -0.324 e. The molecule has 0 saturated carbocycles. The molecular weight excluding hydrogens is 283 g/mol. The number of hydrogen-bond acceptors (Lipinski definition) is 4. The predicted octanol–water partition coefficient (Wildman–Crippen LogP) is 3.11. The van der Waals surface area contributed by atoms with Crippen molar-refractivity contribution in [3.05, 3.63) is 48.3 Å². The van der Waals surface area contributed by atoms with Gasteiger partial charge in [-0.25, -0.2) is 9.97 Å². The molecule has 0 aliphatic heterocycles. The van der Waals surface area contributed by atoms with Gasteiger partial charge in [0.15, 0.2) is 5.82 Å². The number of aromatic nitrogens is 2. The van der Waals surface area contributed by atoms with Crippen LogP contribution in [-0.2, 0) is 6.42 Å². The van der Waals surface area contributed by atoms with Crippen LogP contribution in [0.5, 0.6) is 0 Å². The van der Waals surface area contributed by atoms with Gasteiger partial charge in [-0.1, -0.05) is 37.3 Å². The van der Waals surface area contributed by atoms with E-state index in [1.165, 1.54) is 5.56 Å². The summed E-state index contributed by atoms with van der Waals surface area (Å²) in [6.45, 7) is 4.99. The lowest BCUT2D eigenvalue weighted by Gasteiger charge is -1.99. The number of nitrogens with two attached hydrogens (primary N) is 1. The fourth-order valence-electron chi connectivity index (χ4n) is 1.27. The summed E-state index contributed by atoms with van der Waals surface area (Å²) >= 11 is 0. The lowest BCUT2D eigenvalue weighted by molar-refractivity contribution is 1.05. The van der Waals surface area contributed by atoms with E-state index in [0.29, 0.717) is 0 Å². The SMILES string of the molecule is C=NN.CCc1cnc(-c2ccccc2)nc1.Cl.Cl. The Morgan fingerprint density at radius 1 is 1.11 bits per heavy atom. The molecule has 0 aliphatic carbocycles. The zero-order chi connectivity index (χ0) is 12.5. The first-order chi connectivity index (χ1) is 8.31. The molecule has 1 aromatic heterocycles. The van der Waals surface area contributed by atoms with E-state index in [1.807, 2.05) is 42.7 Å². The highest BCUT2D eigenvalue weighted by molar-refractivity contribution is 5.85. The van der Waals surface area contributed by atoms with Crippen LogP contribution in [0.3, 0.4) is 0 Å². The molecule has 19 heavy (non-hydrogen) atoms. The first kappa shape index (κ1) is 19.7. The van der Waals surface area contributed by atoms with Crippen LogP contribution in [0.1, 0.15) is 12.5 Å². The Bertz CT molecular complexity index is 446. The Hall–Kier alpha value is -1.65. The molecule has 6 heteroatoms. The molecule has 0 bridgehead atoms. The molecule has 0 radical (unpaired) electrons. The van der Waals surface area contributed by atoms with Gasteiger partial charge >= 0.3 is 0 Å². The molecule has 2 N–H and O–H groups in total. The topological polar surface area (TPSA) is 64.2 Å². The van der Waals surface area contributed by atoms with Gasteiger partial charge in [-0.2, -0.15) is 5.10 Å². The molecule has 0 unspecified atom stereocenters. The second kappa shape index (κ2) is 11.4. The van der Waals surface area contributed by atoms with E-state index in [4.69, 9.17) is 0 Å². The van der Waals surface area contributed by atoms with Crippen LogP contribution in [0.2, 0.25) is 0 Å². The van der Waals surface area contributed by atoms with Crippen molar-refractivity contribution in [1.29, 1.82) is 0 Å². The average molecular weight is 301 g/mol. The van der Waals surface area contributed by atoms with Gasteiger partial charge in [-0.15, -0.1) is 24.8 Å². The number of hydrogen-bond donors (Lipinski definition) is 1. The third-order valence-electron chi connectivity index (χ3n) is 2.15. The highest BCUT2D eigenvalue weighted by atomic mass is 35.5. The summed E-state index contributed by atoms with van der Waals surface area (Å²) in [7, 11) is 0. The molecule has 4 nitrogen and oxygen atoms in total. The van der Waals surface area contributed by atoms with Crippen LogP contribution >= 0.6 is 24.8 Å². The standard InChI is InChI=1S/C12H12N2.CH4N2.2ClH/c1-2-10-8-13-12(14-9-10)11-6-4-3-5-7-11;1-3-2;;/h3-9H,2H2,1H3;1-2H2;2*1H. The quantitative estimate of drug-likeness (QED) is 0.526. The second-order valence-corrected chi connectivity index (χ2v) is 3.32. The molecule has 0 amide bonds. The number of rotatable bonds is 2. The summed E-state index contributed by atoms with van der Waals surface area (Å²) < 4.78 is 0. The Morgan fingerprint density at radius 3 is 2.00 bits per heavy atom. The van der Waals surface area contributed by atoms with Gasteiger partial charge in [0.05, 0.1) is 0 Å². The summed E-state index contributed by atoms with van der Waals surface area (Å²) in [5, 5.41) is 2.75. The number of hydrazone groups is 1. The molecular formula is C13H18Cl2N4. The Balaban J connectivity index is 0. The van der Waals surface area contributed by atoms with Gasteiger partial charge in [-0.05, 0) is 12.0 Å². The number of nitrogens with zero attached hydrogens (tertiary/aromatic N) is 3. The van der Waals surface area contributed by atoms with Crippen molar-refractivity contribution in [2.45, 2.75) is 13.3 Å². The van der Waals surface area contributed by atoms with Crippen LogP contribution in [-0.4, -0.2) is 16.7 Å². The third-order valence-corrected chi connectivity index (χ3v) is 2.15. The summed E-state index contributed by atoms with van der Waals surface area (Å²) in [5.74, 6) is 5.16. The molecule has 2 rings (SSSR count). The molecule has 1 aromatic carbocycles. The molecule has 2 aromatic rings. The smallest absolute Gasteiger partial charge is 0.159 e. The van der Waals surface area contributed by atoms with Crippen molar-refractivity contribution in [2.24, 2.45) is 10.9 Å². The molecule has 1 heterocycles. The zero-order valence-corrected chi connectivity index (χ0v) is 12.3. The number of halogens is 2. The van der Waals surface area contributed by atoms with Crippen molar-refractivity contribution < 1.29 is 0 Å². The minimum atomic E-state index is 0. The van der Waals surface area contributed by atoms with E-state index in [1.54, 1.807) is 0 Å². The first-order valence-corrected chi connectivity index (χ1v) is 5.34. The van der Waals surface area contributed by atoms with E-state index in [-0.39, 0.29) is 24.8 Å². The lowest BCUT2D eigenvalue weighted by atomic mass is 10.2. The first-order valence-electron chi connectivity index (χ1n) is 5.34. The summed E-state index contributed by atoms with van der Waals surface area (Å²) in [6.07, 6.45) is 4.75. The Labute approximate surface area is 126 Å². The fourth-order valence-corrected chi connectivity index (χ4v) is 1.27. The van der Waals surface area contributed by atoms with Crippen molar-refractivity contribution in [3.8, 4) is 11.4 Å². The average Bonchev–Trinajstić information content (AvgIpc) is 2.41. The zero-order valence-electron chi connectivity index (χ0n) is 10.7. The lowest BCUT2D eigenvalue weighted by Crippen LogP contribution is -1.90.